The smallest absolute Gasteiger partial charge is 0.152 e. The van der Waals surface area contributed by atoms with Gasteiger partial charge in [0.2, 0.25) is 0 Å². The Hall–Kier alpha value is -9.88. The Bertz CT molecular complexity index is 3550. The molecule has 0 amide bonds. The summed E-state index contributed by atoms with van der Waals surface area (Å²) < 4.78 is 16.1. The van der Waals surface area contributed by atoms with Crippen molar-refractivity contribution >= 4 is 46.3 Å². The van der Waals surface area contributed by atoms with E-state index in [2.05, 4.69) is 71.0 Å². The molecule has 0 aliphatic heterocycles. The lowest BCUT2D eigenvalue weighted by molar-refractivity contribution is -0.126. The number of benzene rings is 4. The van der Waals surface area contributed by atoms with Crippen LogP contribution in [0.15, 0.2) is 60.7 Å². The van der Waals surface area contributed by atoms with Gasteiger partial charge in [0.1, 0.15) is 64.1 Å². The van der Waals surface area contributed by atoms with Crippen molar-refractivity contribution in [2.45, 2.75) is 143 Å². The van der Waals surface area contributed by atoms with Crippen LogP contribution < -0.4 is 14.2 Å². The van der Waals surface area contributed by atoms with E-state index in [-0.39, 0.29) is 96.1 Å². The predicted molar refractivity (Wildman–Crippen MR) is 341 cm³/mol. The normalized spacial score (nSPS) is 20.3. The molecule has 8 atom stereocenters. The third-order valence-electron chi connectivity index (χ3n) is 16.0. The Morgan fingerprint density at radius 1 is 0.375 bits per heavy atom. The van der Waals surface area contributed by atoms with Crippen molar-refractivity contribution < 1.29 is 52.6 Å². The van der Waals surface area contributed by atoms with Gasteiger partial charge in [0.05, 0.1) is 26.9 Å². The Morgan fingerprint density at radius 2 is 0.670 bits per heavy atom. The van der Waals surface area contributed by atoms with Gasteiger partial charge in [-0.25, -0.2) is 0 Å². The van der Waals surface area contributed by atoms with E-state index in [4.69, 9.17) is 39.9 Å². The van der Waals surface area contributed by atoms with Crippen LogP contribution in [-0.2, 0) is 57.6 Å². The average molecular weight is 1180 g/mol. The van der Waals surface area contributed by atoms with Crippen molar-refractivity contribution in [1.82, 2.24) is 0 Å². The third kappa shape index (κ3) is 15.9. The summed E-state index contributed by atoms with van der Waals surface area (Å²) >= 11 is 0. The Balaban J connectivity index is 0.000000214. The minimum Gasteiger partial charge on any atom is -0.496 e. The molecule has 0 radical (unpaired) electrons. The molecular formula is C77H74O11. The molecule has 11 nitrogen and oxygen atoms in total. The van der Waals surface area contributed by atoms with Gasteiger partial charge in [-0.1, -0.05) is 56.6 Å². The first-order chi connectivity index (χ1) is 42.4. The maximum atomic E-state index is 12.7. The number of carbonyl (C=O) groups excluding carboxylic acids is 8. The molecule has 4 aromatic carbocycles. The van der Waals surface area contributed by atoms with Gasteiger partial charge in [0, 0.05) is 103 Å². The van der Waals surface area contributed by atoms with Crippen molar-refractivity contribution in [2.24, 2.45) is 23.7 Å². The number of hydrogen-bond donors (Lipinski definition) is 0. The SMILES string of the molecule is C#CCC1CC(=O)C(c2c(CC)cc(C#CC)cc2CC)C1=O.C#CCC1CC(=O)C(c2c(OC)cc(C#CC)cc2OC)C1=O.C#CCC1CC(=O)C(c2ccc(C#CC)cc2CC)C1=O.C#CCC1CC(=O)C(c2ccc(C#CC)cc2OC)C1=O. The number of hydrogen-bond acceptors (Lipinski definition) is 11. The highest BCUT2D eigenvalue weighted by Crippen LogP contribution is 2.44. The van der Waals surface area contributed by atoms with Crippen LogP contribution in [0.2, 0.25) is 0 Å². The Morgan fingerprint density at radius 3 is 1.03 bits per heavy atom. The number of aryl methyl sites for hydroxylation is 3. The zero-order valence-electron chi connectivity index (χ0n) is 52.0. The molecule has 0 spiro atoms. The molecule has 0 N–H and O–H groups in total. The van der Waals surface area contributed by atoms with E-state index in [1.807, 2.05) is 51.1 Å². The first-order valence-electron chi connectivity index (χ1n) is 29.3. The lowest BCUT2D eigenvalue weighted by atomic mass is 9.83. The summed E-state index contributed by atoms with van der Waals surface area (Å²) in [4.78, 5) is 99.4. The number of Topliss-reactive ketones (excluding diaryl/α,β-unsaturated/α-hetero) is 8. The molecular weight excluding hydrogens is 1100 g/mol. The lowest BCUT2D eigenvalue weighted by Crippen LogP contribution is -2.19. The maximum absolute atomic E-state index is 12.7. The summed E-state index contributed by atoms with van der Waals surface area (Å²) in [7, 11) is 4.50. The minimum absolute atomic E-state index is 0.00771. The van der Waals surface area contributed by atoms with E-state index < -0.39 is 29.6 Å². The van der Waals surface area contributed by atoms with Gasteiger partial charge in [0.15, 0.2) is 23.1 Å². The van der Waals surface area contributed by atoms with Gasteiger partial charge in [-0.05, 0) is 123 Å². The fraction of sp³-hybridized carbons (Fsp3) is 0.377. The molecule has 0 aromatic heterocycles. The van der Waals surface area contributed by atoms with E-state index in [0.717, 1.165) is 63.8 Å². The zero-order chi connectivity index (χ0) is 64.8. The quantitative estimate of drug-likeness (QED) is 0.0872. The summed E-state index contributed by atoms with van der Waals surface area (Å²) in [5.74, 6) is 29.7. The fourth-order valence-corrected chi connectivity index (χ4v) is 11.9. The Kier molecular flexibility index (Phi) is 25.9. The van der Waals surface area contributed by atoms with E-state index in [0.29, 0.717) is 53.2 Å². The number of ketones is 8. The summed E-state index contributed by atoms with van der Waals surface area (Å²) in [5.41, 5.74) is 9.27. The largest absolute Gasteiger partial charge is 0.496 e. The molecule has 0 heterocycles. The highest BCUT2D eigenvalue weighted by molar-refractivity contribution is 6.17. The van der Waals surface area contributed by atoms with Crippen LogP contribution in [0, 0.1) is 120 Å². The molecule has 4 aromatic rings. The van der Waals surface area contributed by atoms with E-state index in [1.165, 1.54) is 21.3 Å². The van der Waals surface area contributed by atoms with Crippen LogP contribution in [-0.4, -0.2) is 67.6 Å². The van der Waals surface area contributed by atoms with Crippen molar-refractivity contribution in [3.63, 3.8) is 0 Å². The summed E-state index contributed by atoms with van der Waals surface area (Å²) in [5, 5.41) is 0. The van der Waals surface area contributed by atoms with E-state index in [1.54, 1.807) is 58.0 Å². The third-order valence-corrected chi connectivity index (χ3v) is 16.0. The molecule has 4 aliphatic rings. The Labute approximate surface area is 520 Å². The van der Waals surface area contributed by atoms with Crippen LogP contribution in [0.3, 0.4) is 0 Å². The van der Waals surface area contributed by atoms with Crippen LogP contribution in [0.4, 0.5) is 0 Å². The fourth-order valence-electron chi connectivity index (χ4n) is 11.9. The summed E-state index contributed by atoms with van der Waals surface area (Å²) in [6.07, 6.45) is 25.7. The lowest BCUT2D eigenvalue weighted by Gasteiger charge is -2.18. The van der Waals surface area contributed by atoms with Gasteiger partial charge in [-0.3, -0.25) is 38.4 Å². The van der Waals surface area contributed by atoms with E-state index in [9.17, 15) is 38.4 Å². The maximum Gasteiger partial charge on any atom is 0.152 e. The second kappa shape index (κ2) is 33.1. The molecule has 4 saturated carbocycles. The molecule has 448 valence electrons. The molecule has 0 bridgehead atoms. The van der Waals surface area contributed by atoms with Gasteiger partial charge in [-0.2, -0.15) is 0 Å². The topological polar surface area (TPSA) is 164 Å². The molecule has 8 unspecified atom stereocenters. The van der Waals surface area contributed by atoms with Crippen molar-refractivity contribution in [3.8, 4) is 114 Å². The average Bonchev–Trinajstić information content (AvgIpc) is 1.98. The second-order valence-corrected chi connectivity index (χ2v) is 21.4. The second-order valence-electron chi connectivity index (χ2n) is 21.4. The molecule has 88 heavy (non-hydrogen) atoms. The summed E-state index contributed by atoms with van der Waals surface area (Å²) in [6, 6.07) is 18.5. The van der Waals surface area contributed by atoms with Crippen LogP contribution in [0.5, 0.6) is 17.2 Å². The molecule has 4 fully saturated rings. The van der Waals surface area contributed by atoms with Crippen molar-refractivity contribution in [3.05, 3.63) is 122 Å². The molecule has 0 saturated heterocycles. The predicted octanol–water partition coefficient (Wildman–Crippen LogP) is 11.0. The zero-order valence-corrected chi connectivity index (χ0v) is 52.0. The summed E-state index contributed by atoms with van der Waals surface area (Å²) in [6.45, 7) is 13.2. The van der Waals surface area contributed by atoms with Crippen LogP contribution >= 0.6 is 0 Å². The molecule has 4 aliphatic carbocycles. The van der Waals surface area contributed by atoms with Crippen molar-refractivity contribution in [1.29, 1.82) is 0 Å². The highest BCUT2D eigenvalue weighted by atomic mass is 16.5. The number of rotatable bonds is 14. The molecule has 8 rings (SSSR count). The first-order valence-corrected chi connectivity index (χ1v) is 29.3. The van der Waals surface area contributed by atoms with E-state index >= 15 is 0 Å². The number of carbonyl (C=O) groups is 8. The first kappa shape index (κ1) is 68.9. The monoisotopic (exact) mass is 1170 g/mol. The van der Waals surface area contributed by atoms with Gasteiger partial charge >= 0.3 is 0 Å². The number of terminal acetylenes is 4. The van der Waals surface area contributed by atoms with Crippen LogP contribution in [0.1, 0.15) is 185 Å². The van der Waals surface area contributed by atoms with Crippen LogP contribution in [0.25, 0.3) is 0 Å². The van der Waals surface area contributed by atoms with Gasteiger partial charge in [0.25, 0.3) is 0 Å². The van der Waals surface area contributed by atoms with Gasteiger partial charge in [-0.15, -0.1) is 73.1 Å². The standard InChI is InChI=1S/C21H22O2.C19H18O4.C19H18O2.C18H16O3/c1-5-9-14-11-15(7-3)19(16(8-4)12-14)20-18(22)13-17(10-6-2)21(20)23;1-5-7-12-9-15(22-3)18(16(10-12)23-4)17-14(20)11-13(8-6-2)19(17)21;1-4-7-13-9-10-16(14(6-3)11-13)18-17(20)12-15(8-5-2)19(18)21;1-4-6-12-8-9-14(16(10-12)21-3)17-15(19)11-13(7-5-2)18(17)20/h2,11-12,17,20H,7-8,10,13H2,1,3-4H3;2,9-10,13,17H,8,11H2,1,3-4H3;2,9-11,15,18H,6,8,12H2,1,3H3;2,8-10,13,17H,7,11H2,1,3H3. The molecule has 11 heteroatoms. The number of methoxy groups -OCH3 is 3. The van der Waals surface area contributed by atoms with Crippen molar-refractivity contribution in [2.75, 3.05) is 21.3 Å². The minimum atomic E-state index is -0.887. The number of ether oxygens (including phenoxy) is 3. The van der Waals surface area contributed by atoms with Gasteiger partial charge < -0.3 is 14.2 Å². The highest BCUT2D eigenvalue weighted by Gasteiger charge is 2.46.